The number of hydrogen-bond donors (Lipinski definition) is 3. The number of nitrogens with zero attached hydrogens (tertiary/aromatic N) is 1. The Morgan fingerprint density at radius 2 is 2.35 bits per heavy atom. The minimum atomic E-state index is -0.0764. The summed E-state index contributed by atoms with van der Waals surface area (Å²) >= 11 is 7.75. The van der Waals surface area contributed by atoms with Crippen molar-refractivity contribution >= 4 is 38.8 Å². The number of anilines is 1. The van der Waals surface area contributed by atoms with Crippen LogP contribution in [0.2, 0.25) is 5.15 Å². The van der Waals surface area contributed by atoms with Crippen LogP contribution in [-0.2, 0) is 19.6 Å². The third-order valence-corrected chi connectivity index (χ3v) is 4.96. The summed E-state index contributed by atoms with van der Waals surface area (Å²) in [4.78, 5) is 5.44. The molecule has 1 atom stereocenters. The van der Waals surface area contributed by atoms with E-state index in [0.29, 0.717) is 18.1 Å². The SMILES string of the molecule is C[C@H](N)Cc1sc2c(NCc3ccco3)cc(Cl)nc2c1CO. The number of furan rings is 1. The van der Waals surface area contributed by atoms with Crippen molar-refractivity contribution in [3.05, 3.63) is 45.8 Å². The smallest absolute Gasteiger partial charge is 0.131 e. The van der Waals surface area contributed by atoms with Gasteiger partial charge in [0.2, 0.25) is 0 Å². The predicted octanol–water partition coefficient (Wildman–Crippen LogP) is 3.54. The van der Waals surface area contributed by atoms with Crippen molar-refractivity contribution in [2.45, 2.75) is 32.5 Å². The van der Waals surface area contributed by atoms with Crippen molar-refractivity contribution in [1.82, 2.24) is 4.98 Å². The number of pyridine rings is 1. The molecule has 23 heavy (non-hydrogen) atoms. The molecule has 5 nitrogen and oxygen atoms in total. The molecule has 3 aromatic heterocycles. The number of hydrogen-bond acceptors (Lipinski definition) is 6. The van der Waals surface area contributed by atoms with Gasteiger partial charge in [-0.05, 0) is 25.5 Å². The predicted molar refractivity (Wildman–Crippen MR) is 93.9 cm³/mol. The second kappa shape index (κ2) is 6.88. The summed E-state index contributed by atoms with van der Waals surface area (Å²) in [7, 11) is 0. The first-order valence-corrected chi connectivity index (χ1v) is 8.51. The zero-order chi connectivity index (χ0) is 16.4. The van der Waals surface area contributed by atoms with Gasteiger partial charge in [-0.3, -0.25) is 0 Å². The minimum Gasteiger partial charge on any atom is -0.467 e. The molecular formula is C16H18ClN3O2S. The van der Waals surface area contributed by atoms with Crippen LogP contribution in [0.15, 0.2) is 28.9 Å². The van der Waals surface area contributed by atoms with Gasteiger partial charge in [0.15, 0.2) is 0 Å². The van der Waals surface area contributed by atoms with Crippen molar-refractivity contribution in [1.29, 1.82) is 0 Å². The molecule has 122 valence electrons. The lowest BCUT2D eigenvalue weighted by Gasteiger charge is -2.06. The van der Waals surface area contributed by atoms with Crippen LogP contribution in [0.3, 0.4) is 0 Å². The van der Waals surface area contributed by atoms with Gasteiger partial charge in [-0.15, -0.1) is 11.3 Å². The topological polar surface area (TPSA) is 84.3 Å². The first-order chi connectivity index (χ1) is 11.1. The van der Waals surface area contributed by atoms with Gasteiger partial charge in [0.05, 0.1) is 35.3 Å². The molecule has 0 amide bonds. The number of nitrogens with one attached hydrogen (secondary N) is 1. The van der Waals surface area contributed by atoms with Gasteiger partial charge in [-0.25, -0.2) is 4.98 Å². The maximum atomic E-state index is 9.73. The van der Waals surface area contributed by atoms with Crippen LogP contribution >= 0.6 is 22.9 Å². The number of thiophene rings is 1. The van der Waals surface area contributed by atoms with E-state index in [1.54, 1.807) is 23.7 Å². The third-order valence-electron chi connectivity index (χ3n) is 3.49. The summed E-state index contributed by atoms with van der Waals surface area (Å²) in [5.74, 6) is 0.834. The Morgan fingerprint density at radius 3 is 3.00 bits per heavy atom. The molecule has 0 spiro atoms. The monoisotopic (exact) mass is 351 g/mol. The standard InChI is InChI=1S/C16H18ClN3O2S/c1-9(18)5-13-11(8-21)15-16(23-13)12(6-14(17)20-15)19-7-10-3-2-4-22-10/h2-4,6,9,21H,5,7-8,18H2,1H3,(H,19,20)/t9-/m0/s1. The molecule has 0 aliphatic carbocycles. The van der Waals surface area contributed by atoms with Crippen molar-refractivity contribution < 1.29 is 9.52 Å². The molecule has 3 aromatic rings. The number of halogens is 1. The van der Waals surface area contributed by atoms with Crippen molar-refractivity contribution in [3.8, 4) is 0 Å². The second-order valence-electron chi connectivity index (χ2n) is 5.45. The molecule has 3 rings (SSSR count). The molecule has 7 heteroatoms. The van der Waals surface area contributed by atoms with Gasteiger partial charge >= 0.3 is 0 Å². The van der Waals surface area contributed by atoms with Gasteiger partial charge in [-0.2, -0.15) is 0 Å². The van der Waals surface area contributed by atoms with Crippen molar-refractivity contribution in [3.63, 3.8) is 0 Å². The fourth-order valence-corrected chi connectivity index (χ4v) is 4.05. The van der Waals surface area contributed by atoms with Gasteiger partial charge < -0.3 is 20.6 Å². The number of rotatable bonds is 6. The highest BCUT2D eigenvalue weighted by atomic mass is 35.5. The van der Waals surface area contributed by atoms with Crippen LogP contribution in [0.1, 0.15) is 23.1 Å². The van der Waals surface area contributed by atoms with E-state index in [9.17, 15) is 5.11 Å². The summed E-state index contributed by atoms with van der Waals surface area (Å²) in [5, 5.41) is 13.4. The molecule has 0 aliphatic heterocycles. The lowest BCUT2D eigenvalue weighted by atomic mass is 10.1. The van der Waals surface area contributed by atoms with E-state index >= 15 is 0 Å². The molecule has 4 N–H and O–H groups in total. The summed E-state index contributed by atoms with van der Waals surface area (Å²) in [6.07, 6.45) is 2.34. The number of nitrogens with two attached hydrogens (primary N) is 1. The second-order valence-corrected chi connectivity index (χ2v) is 6.94. The Labute approximate surface area is 143 Å². The van der Waals surface area contributed by atoms with E-state index in [0.717, 1.165) is 32.1 Å². The molecule has 0 bridgehead atoms. The highest BCUT2D eigenvalue weighted by Crippen LogP contribution is 2.37. The Hall–Kier alpha value is -1.60. The molecule has 0 aliphatic rings. The van der Waals surface area contributed by atoms with Gasteiger partial charge in [-0.1, -0.05) is 11.6 Å². The van der Waals surface area contributed by atoms with Crippen LogP contribution in [0, 0.1) is 0 Å². The number of aromatic nitrogens is 1. The highest BCUT2D eigenvalue weighted by Gasteiger charge is 2.17. The minimum absolute atomic E-state index is 0.0170. The Morgan fingerprint density at radius 1 is 1.52 bits per heavy atom. The summed E-state index contributed by atoms with van der Waals surface area (Å²) in [5.41, 5.74) is 8.34. The molecule has 0 aromatic carbocycles. The van der Waals surface area contributed by atoms with Crippen LogP contribution < -0.4 is 11.1 Å². The van der Waals surface area contributed by atoms with Crippen LogP contribution in [0.5, 0.6) is 0 Å². The molecule has 3 heterocycles. The molecule has 0 saturated heterocycles. The molecule has 0 unspecified atom stereocenters. The fraction of sp³-hybridized carbons (Fsp3) is 0.312. The Bertz CT molecular complexity index is 799. The zero-order valence-corrected chi connectivity index (χ0v) is 14.2. The Kier molecular flexibility index (Phi) is 4.87. The van der Waals surface area contributed by atoms with E-state index in [2.05, 4.69) is 10.3 Å². The van der Waals surface area contributed by atoms with Gasteiger partial charge in [0, 0.05) is 22.5 Å². The quantitative estimate of drug-likeness (QED) is 0.591. The molecule has 0 fully saturated rings. The van der Waals surface area contributed by atoms with Crippen LogP contribution in [-0.4, -0.2) is 16.1 Å². The first kappa shape index (κ1) is 16.3. The first-order valence-electron chi connectivity index (χ1n) is 7.32. The molecule has 0 saturated carbocycles. The largest absolute Gasteiger partial charge is 0.467 e. The summed E-state index contributed by atoms with van der Waals surface area (Å²) in [6, 6.07) is 5.56. The summed E-state index contributed by atoms with van der Waals surface area (Å²) < 4.78 is 6.31. The zero-order valence-electron chi connectivity index (χ0n) is 12.7. The van der Waals surface area contributed by atoms with Gasteiger partial charge in [0.25, 0.3) is 0 Å². The van der Waals surface area contributed by atoms with Crippen LogP contribution in [0.25, 0.3) is 10.2 Å². The van der Waals surface area contributed by atoms with E-state index in [4.69, 9.17) is 21.8 Å². The Balaban J connectivity index is 2.01. The fourth-order valence-electron chi connectivity index (χ4n) is 2.47. The van der Waals surface area contributed by atoms with Crippen LogP contribution in [0.4, 0.5) is 5.69 Å². The van der Waals surface area contributed by atoms with E-state index < -0.39 is 0 Å². The summed E-state index contributed by atoms with van der Waals surface area (Å²) in [6.45, 7) is 2.42. The average molecular weight is 352 g/mol. The maximum Gasteiger partial charge on any atom is 0.131 e. The average Bonchev–Trinajstić information content (AvgIpc) is 3.11. The van der Waals surface area contributed by atoms with Crippen molar-refractivity contribution in [2.24, 2.45) is 5.73 Å². The maximum absolute atomic E-state index is 9.73. The van der Waals surface area contributed by atoms with Gasteiger partial charge in [0.1, 0.15) is 10.9 Å². The van der Waals surface area contributed by atoms with E-state index in [1.807, 2.05) is 19.1 Å². The number of aliphatic hydroxyl groups is 1. The van der Waals surface area contributed by atoms with E-state index in [1.165, 1.54) is 0 Å². The third kappa shape index (κ3) is 3.50. The normalized spacial score (nSPS) is 12.7. The lowest BCUT2D eigenvalue weighted by Crippen LogP contribution is -2.17. The highest BCUT2D eigenvalue weighted by molar-refractivity contribution is 7.19. The lowest BCUT2D eigenvalue weighted by molar-refractivity contribution is 0.282. The number of aliphatic hydroxyl groups excluding tert-OH is 1. The van der Waals surface area contributed by atoms with Crippen molar-refractivity contribution in [2.75, 3.05) is 5.32 Å². The molecular weight excluding hydrogens is 334 g/mol. The van der Waals surface area contributed by atoms with E-state index in [-0.39, 0.29) is 12.6 Å². The molecule has 0 radical (unpaired) electrons. The number of fused-ring (bicyclic) bond motifs is 1.